The lowest BCUT2D eigenvalue weighted by atomic mass is 9.98. The van der Waals surface area contributed by atoms with Crippen molar-refractivity contribution in [3.05, 3.63) is 71.3 Å². The minimum absolute atomic E-state index is 0.0207. The van der Waals surface area contributed by atoms with Crippen LogP contribution in [0, 0.1) is 5.92 Å². The minimum atomic E-state index is -0.942. The first kappa shape index (κ1) is 22.4. The second-order valence-electron chi connectivity index (χ2n) is 8.15. The summed E-state index contributed by atoms with van der Waals surface area (Å²) in [6, 6.07) is 14.8. The Morgan fingerprint density at radius 3 is 2.42 bits per heavy atom. The zero-order valence-corrected chi connectivity index (χ0v) is 18.3. The Morgan fingerprint density at radius 1 is 1.06 bits per heavy atom. The first-order valence-corrected chi connectivity index (χ1v) is 10.8. The fourth-order valence-electron chi connectivity index (χ4n) is 3.43. The molecule has 0 aliphatic carbocycles. The topological polar surface area (TPSA) is 85.1 Å². The molecule has 0 amide bonds. The molecule has 6 nitrogen and oxygen atoms in total. The Balaban J connectivity index is 1.85. The number of aryl methyl sites for hydroxylation is 1. The standard InChI is InChI=1S/C25H29N3O3/c1-4-7-22(29)24-26-23(28(27-24)15-14-17(2)3)16-18-10-12-19(13-11-18)20-8-5-6-9-21(20)25(30)31/h5-6,8-13,17H,4,7,14-16H2,1-3H3,(H,30,31). The maximum Gasteiger partial charge on any atom is 0.336 e. The summed E-state index contributed by atoms with van der Waals surface area (Å²) in [5.41, 5.74) is 2.85. The summed E-state index contributed by atoms with van der Waals surface area (Å²) < 4.78 is 1.86. The molecular formula is C25H29N3O3. The molecule has 0 radical (unpaired) electrons. The van der Waals surface area contributed by atoms with Crippen LogP contribution in [-0.2, 0) is 13.0 Å². The number of aromatic carboxylic acids is 1. The summed E-state index contributed by atoms with van der Waals surface area (Å²) in [4.78, 5) is 28.4. The predicted octanol–water partition coefficient (Wildman–Crippen LogP) is 5.26. The van der Waals surface area contributed by atoms with E-state index in [0.29, 0.717) is 30.1 Å². The molecule has 0 saturated carbocycles. The largest absolute Gasteiger partial charge is 0.478 e. The number of rotatable bonds is 10. The van der Waals surface area contributed by atoms with Gasteiger partial charge in [0.05, 0.1) is 5.56 Å². The van der Waals surface area contributed by atoms with Crippen molar-refractivity contribution >= 4 is 11.8 Å². The molecule has 0 aliphatic heterocycles. The van der Waals surface area contributed by atoms with Gasteiger partial charge < -0.3 is 5.11 Å². The lowest BCUT2D eigenvalue weighted by Gasteiger charge is -2.09. The van der Waals surface area contributed by atoms with Crippen LogP contribution in [0.25, 0.3) is 11.1 Å². The lowest BCUT2D eigenvalue weighted by Crippen LogP contribution is -2.09. The van der Waals surface area contributed by atoms with E-state index in [2.05, 4.69) is 23.9 Å². The number of Topliss-reactive ketones (excluding diaryl/α,β-unsaturated/α-hetero) is 1. The van der Waals surface area contributed by atoms with Crippen molar-refractivity contribution in [1.82, 2.24) is 14.8 Å². The van der Waals surface area contributed by atoms with Gasteiger partial charge in [-0.15, -0.1) is 5.10 Å². The van der Waals surface area contributed by atoms with Gasteiger partial charge in [-0.3, -0.25) is 4.79 Å². The number of carboxylic acids is 1. The van der Waals surface area contributed by atoms with Crippen LogP contribution in [0.2, 0.25) is 0 Å². The van der Waals surface area contributed by atoms with Gasteiger partial charge in [0.25, 0.3) is 0 Å². The monoisotopic (exact) mass is 419 g/mol. The van der Waals surface area contributed by atoms with Crippen LogP contribution in [0.3, 0.4) is 0 Å². The number of carbonyl (C=O) groups is 2. The van der Waals surface area contributed by atoms with Crippen LogP contribution in [-0.4, -0.2) is 31.6 Å². The van der Waals surface area contributed by atoms with Gasteiger partial charge in [-0.25, -0.2) is 14.5 Å². The molecule has 6 heteroatoms. The quantitative estimate of drug-likeness (QED) is 0.453. The van der Waals surface area contributed by atoms with Gasteiger partial charge in [0, 0.05) is 19.4 Å². The summed E-state index contributed by atoms with van der Waals surface area (Å²) in [6.45, 7) is 7.02. The second kappa shape index (κ2) is 10.2. The number of aromatic nitrogens is 3. The highest BCUT2D eigenvalue weighted by Crippen LogP contribution is 2.24. The highest BCUT2D eigenvalue weighted by atomic mass is 16.4. The Labute approximate surface area is 183 Å². The third-order valence-corrected chi connectivity index (χ3v) is 5.18. The highest BCUT2D eigenvalue weighted by Gasteiger charge is 2.17. The fraction of sp³-hybridized carbons (Fsp3) is 0.360. The van der Waals surface area contributed by atoms with E-state index in [-0.39, 0.29) is 11.3 Å². The van der Waals surface area contributed by atoms with Crippen molar-refractivity contribution in [3.8, 4) is 11.1 Å². The molecule has 0 unspecified atom stereocenters. The normalized spacial score (nSPS) is 11.1. The van der Waals surface area contributed by atoms with E-state index in [4.69, 9.17) is 0 Å². The van der Waals surface area contributed by atoms with Crippen LogP contribution in [0.4, 0.5) is 0 Å². The second-order valence-corrected chi connectivity index (χ2v) is 8.15. The number of hydrogen-bond donors (Lipinski definition) is 1. The average Bonchev–Trinajstić information content (AvgIpc) is 3.16. The molecule has 0 bridgehead atoms. The molecule has 0 fully saturated rings. The third kappa shape index (κ3) is 5.66. The smallest absolute Gasteiger partial charge is 0.336 e. The Kier molecular flexibility index (Phi) is 7.34. The van der Waals surface area contributed by atoms with E-state index < -0.39 is 5.97 Å². The zero-order valence-electron chi connectivity index (χ0n) is 18.3. The van der Waals surface area contributed by atoms with Crippen molar-refractivity contribution in [1.29, 1.82) is 0 Å². The van der Waals surface area contributed by atoms with Gasteiger partial charge in [0.1, 0.15) is 5.82 Å². The molecule has 1 heterocycles. The lowest BCUT2D eigenvalue weighted by molar-refractivity contribution is 0.0697. The number of ketones is 1. The number of benzene rings is 2. The van der Waals surface area contributed by atoms with Crippen molar-refractivity contribution in [2.24, 2.45) is 5.92 Å². The zero-order chi connectivity index (χ0) is 22.4. The van der Waals surface area contributed by atoms with Crippen LogP contribution < -0.4 is 0 Å². The first-order valence-electron chi connectivity index (χ1n) is 10.8. The fourth-order valence-corrected chi connectivity index (χ4v) is 3.43. The van der Waals surface area contributed by atoms with Crippen molar-refractivity contribution < 1.29 is 14.7 Å². The van der Waals surface area contributed by atoms with Crippen molar-refractivity contribution in [3.63, 3.8) is 0 Å². The molecule has 3 rings (SSSR count). The summed E-state index contributed by atoms with van der Waals surface area (Å²) in [7, 11) is 0. The Bertz CT molecular complexity index is 1050. The molecule has 31 heavy (non-hydrogen) atoms. The van der Waals surface area contributed by atoms with E-state index in [1.165, 1.54) is 0 Å². The molecule has 0 atom stereocenters. The van der Waals surface area contributed by atoms with E-state index in [9.17, 15) is 14.7 Å². The average molecular weight is 420 g/mol. The number of hydrogen-bond acceptors (Lipinski definition) is 4. The number of carboxylic acid groups (broad SMARTS) is 1. The Morgan fingerprint density at radius 2 is 1.77 bits per heavy atom. The van der Waals surface area contributed by atoms with Crippen LogP contribution >= 0.6 is 0 Å². The number of carbonyl (C=O) groups excluding carboxylic acids is 1. The molecule has 1 N–H and O–H groups in total. The van der Waals surface area contributed by atoms with Crippen molar-refractivity contribution in [2.75, 3.05) is 0 Å². The number of nitrogens with zero attached hydrogens (tertiary/aromatic N) is 3. The van der Waals surface area contributed by atoms with Crippen molar-refractivity contribution in [2.45, 2.75) is 53.0 Å². The van der Waals surface area contributed by atoms with Gasteiger partial charge in [-0.2, -0.15) is 0 Å². The van der Waals surface area contributed by atoms with Gasteiger partial charge in [0.15, 0.2) is 0 Å². The van der Waals surface area contributed by atoms with E-state index >= 15 is 0 Å². The van der Waals surface area contributed by atoms with Gasteiger partial charge in [-0.1, -0.05) is 63.2 Å². The molecule has 1 aromatic heterocycles. The van der Waals surface area contributed by atoms with E-state index in [0.717, 1.165) is 36.3 Å². The summed E-state index contributed by atoms with van der Waals surface area (Å²) in [5.74, 6) is 0.640. The Hall–Kier alpha value is -3.28. The molecule has 3 aromatic rings. The summed E-state index contributed by atoms with van der Waals surface area (Å²) in [6.07, 6.45) is 2.74. The third-order valence-electron chi connectivity index (χ3n) is 5.18. The minimum Gasteiger partial charge on any atom is -0.478 e. The van der Waals surface area contributed by atoms with Crippen LogP contribution in [0.5, 0.6) is 0 Å². The predicted molar refractivity (Wildman–Crippen MR) is 120 cm³/mol. The van der Waals surface area contributed by atoms with E-state index in [1.54, 1.807) is 12.1 Å². The SMILES string of the molecule is CCCC(=O)c1nc(Cc2ccc(-c3ccccc3C(=O)O)cc2)n(CCC(C)C)n1. The maximum atomic E-state index is 12.3. The van der Waals surface area contributed by atoms with Gasteiger partial charge >= 0.3 is 5.97 Å². The van der Waals surface area contributed by atoms with Gasteiger partial charge in [-0.05, 0) is 41.5 Å². The molecule has 0 aliphatic rings. The van der Waals surface area contributed by atoms with Gasteiger partial charge in [0.2, 0.25) is 11.6 Å². The molecule has 0 saturated heterocycles. The molecule has 162 valence electrons. The first-order chi connectivity index (χ1) is 14.9. The molecule has 0 spiro atoms. The van der Waals surface area contributed by atoms with Crippen LogP contribution in [0.1, 0.15) is 72.4 Å². The molecular weight excluding hydrogens is 390 g/mol. The summed E-state index contributed by atoms with van der Waals surface area (Å²) >= 11 is 0. The van der Waals surface area contributed by atoms with E-state index in [1.807, 2.05) is 48.0 Å². The summed E-state index contributed by atoms with van der Waals surface area (Å²) in [5, 5.41) is 13.9. The maximum absolute atomic E-state index is 12.3. The molecule has 2 aromatic carbocycles. The highest BCUT2D eigenvalue weighted by molar-refractivity contribution is 5.96. The van der Waals surface area contributed by atoms with Crippen LogP contribution in [0.15, 0.2) is 48.5 Å².